The average molecular weight is 252 g/mol. The van der Waals surface area contributed by atoms with Gasteiger partial charge < -0.3 is 15.8 Å². The van der Waals surface area contributed by atoms with Gasteiger partial charge >= 0.3 is 0 Å². The van der Waals surface area contributed by atoms with E-state index < -0.39 is 0 Å². The van der Waals surface area contributed by atoms with E-state index in [9.17, 15) is 0 Å². The van der Waals surface area contributed by atoms with Crippen molar-refractivity contribution in [2.75, 3.05) is 31.3 Å². The highest BCUT2D eigenvalue weighted by atomic mass is 16.5. The molecule has 5 nitrogen and oxygen atoms in total. The lowest BCUT2D eigenvalue weighted by Gasteiger charge is -2.13. The van der Waals surface area contributed by atoms with Gasteiger partial charge in [0, 0.05) is 31.7 Å². The number of methoxy groups -OCH3 is 1. The third-order valence-electron chi connectivity index (χ3n) is 2.78. The lowest BCUT2D eigenvalue weighted by atomic mass is 10.2. The monoisotopic (exact) mass is 252 g/mol. The Morgan fingerprint density at radius 1 is 1.28 bits per heavy atom. The maximum absolute atomic E-state index is 5.90. The second-order valence-corrected chi connectivity index (χ2v) is 4.72. The van der Waals surface area contributed by atoms with Crippen molar-refractivity contribution in [2.24, 2.45) is 0 Å². The van der Waals surface area contributed by atoms with Gasteiger partial charge in [-0.15, -0.1) is 0 Å². The summed E-state index contributed by atoms with van der Waals surface area (Å²) in [5.74, 6) is 2.48. The van der Waals surface area contributed by atoms with Crippen LogP contribution < -0.4 is 11.1 Å². The summed E-state index contributed by atoms with van der Waals surface area (Å²) in [7, 11) is 1.72. The van der Waals surface area contributed by atoms with E-state index in [1.54, 1.807) is 7.11 Å². The molecule has 0 saturated carbocycles. The number of nitrogen functional groups attached to an aromatic ring is 1. The summed E-state index contributed by atoms with van der Waals surface area (Å²) in [5, 5.41) is 3.32. The summed E-state index contributed by atoms with van der Waals surface area (Å²) >= 11 is 0. The van der Waals surface area contributed by atoms with Crippen molar-refractivity contribution >= 4 is 11.6 Å². The number of rotatable bonds is 7. The molecule has 0 amide bonds. The molecule has 0 spiro atoms. The molecule has 1 aromatic heterocycles. The zero-order chi connectivity index (χ0) is 13.5. The van der Waals surface area contributed by atoms with Crippen LogP contribution in [0.1, 0.15) is 44.0 Å². The maximum Gasteiger partial charge on any atom is 0.135 e. The zero-order valence-corrected chi connectivity index (χ0v) is 11.8. The van der Waals surface area contributed by atoms with Crippen molar-refractivity contribution in [1.29, 1.82) is 0 Å². The van der Waals surface area contributed by atoms with Crippen molar-refractivity contribution in [1.82, 2.24) is 9.97 Å². The molecule has 102 valence electrons. The first-order valence-corrected chi connectivity index (χ1v) is 6.43. The molecular weight excluding hydrogens is 228 g/mol. The van der Waals surface area contributed by atoms with Crippen LogP contribution in [0.3, 0.4) is 0 Å². The number of anilines is 2. The van der Waals surface area contributed by atoms with E-state index in [1.165, 1.54) is 0 Å². The van der Waals surface area contributed by atoms with Crippen LogP contribution in [0.4, 0.5) is 11.6 Å². The Morgan fingerprint density at radius 3 is 2.61 bits per heavy atom. The number of hydrogen-bond donors (Lipinski definition) is 2. The maximum atomic E-state index is 5.90. The molecule has 0 fully saturated rings. The van der Waals surface area contributed by atoms with E-state index in [4.69, 9.17) is 10.5 Å². The molecule has 18 heavy (non-hydrogen) atoms. The van der Waals surface area contributed by atoms with Gasteiger partial charge in [-0.2, -0.15) is 0 Å². The van der Waals surface area contributed by atoms with Gasteiger partial charge in [-0.25, -0.2) is 9.97 Å². The summed E-state index contributed by atoms with van der Waals surface area (Å²) in [6.07, 6.45) is 2.09. The fourth-order valence-electron chi connectivity index (χ4n) is 1.56. The smallest absolute Gasteiger partial charge is 0.135 e. The Morgan fingerprint density at radius 2 is 2.00 bits per heavy atom. The second-order valence-electron chi connectivity index (χ2n) is 4.72. The first-order valence-electron chi connectivity index (χ1n) is 6.43. The summed E-state index contributed by atoms with van der Waals surface area (Å²) in [6.45, 7) is 7.73. The van der Waals surface area contributed by atoms with Crippen LogP contribution in [0, 0.1) is 6.92 Å². The number of nitrogens with two attached hydrogens (primary N) is 1. The average Bonchev–Trinajstić information content (AvgIpc) is 2.33. The molecule has 1 aromatic rings. The first kappa shape index (κ1) is 14.7. The van der Waals surface area contributed by atoms with E-state index in [2.05, 4.69) is 29.1 Å². The molecule has 5 heteroatoms. The predicted octanol–water partition coefficient (Wildman–Crippen LogP) is 2.33. The summed E-state index contributed by atoms with van der Waals surface area (Å²) in [4.78, 5) is 8.81. The lowest BCUT2D eigenvalue weighted by Crippen LogP contribution is -2.11. The third kappa shape index (κ3) is 4.14. The molecule has 3 N–H and O–H groups in total. The standard InChI is InChI=1S/C13H24N4O/c1-9(2)12-16-11(14)10(3)13(17-12)15-7-5-6-8-18-4/h9H,5-8H2,1-4H3,(H3,14,15,16,17). The molecule has 0 aliphatic heterocycles. The third-order valence-corrected chi connectivity index (χ3v) is 2.78. The summed E-state index contributed by atoms with van der Waals surface area (Å²) in [5.41, 5.74) is 6.82. The molecule has 0 radical (unpaired) electrons. The number of unbranched alkanes of at least 4 members (excludes halogenated alkanes) is 1. The van der Waals surface area contributed by atoms with Gasteiger partial charge in [0.05, 0.1) is 0 Å². The van der Waals surface area contributed by atoms with Gasteiger partial charge in [0.1, 0.15) is 17.5 Å². The Bertz CT molecular complexity index is 379. The molecule has 0 aromatic carbocycles. The van der Waals surface area contributed by atoms with Gasteiger partial charge in [-0.1, -0.05) is 13.8 Å². The van der Waals surface area contributed by atoms with Crippen LogP contribution >= 0.6 is 0 Å². The van der Waals surface area contributed by atoms with E-state index >= 15 is 0 Å². The van der Waals surface area contributed by atoms with E-state index in [1.807, 2.05) is 6.92 Å². The zero-order valence-electron chi connectivity index (χ0n) is 11.8. The second kappa shape index (κ2) is 7.16. The van der Waals surface area contributed by atoms with Crippen molar-refractivity contribution in [2.45, 2.75) is 39.5 Å². The first-order chi connectivity index (χ1) is 8.56. The van der Waals surface area contributed by atoms with Crippen molar-refractivity contribution in [3.8, 4) is 0 Å². The van der Waals surface area contributed by atoms with E-state index in [0.717, 1.165) is 43.2 Å². The number of ether oxygens (including phenoxy) is 1. The molecule has 1 rings (SSSR count). The number of nitrogens with zero attached hydrogens (tertiary/aromatic N) is 2. The van der Waals surface area contributed by atoms with Crippen molar-refractivity contribution in [3.05, 3.63) is 11.4 Å². The number of aromatic nitrogens is 2. The Hall–Kier alpha value is -1.36. The Labute approximate surface area is 109 Å². The molecule has 0 unspecified atom stereocenters. The molecule has 0 aliphatic rings. The van der Waals surface area contributed by atoms with Crippen LogP contribution in [0.15, 0.2) is 0 Å². The van der Waals surface area contributed by atoms with Gasteiger partial charge in [0.25, 0.3) is 0 Å². The van der Waals surface area contributed by atoms with Crippen LogP contribution in [-0.4, -0.2) is 30.2 Å². The fourth-order valence-corrected chi connectivity index (χ4v) is 1.56. The van der Waals surface area contributed by atoms with Gasteiger partial charge in [-0.05, 0) is 19.8 Å². The van der Waals surface area contributed by atoms with Crippen LogP contribution in [-0.2, 0) is 4.74 Å². The molecule has 0 bridgehead atoms. The van der Waals surface area contributed by atoms with Crippen LogP contribution in [0.2, 0.25) is 0 Å². The minimum absolute atomic E-state index is 0.280. The van der Waals surface area contributed by atoms with Crippen LogP contribution in [0.5, 0.6) is 0 Å². The lowest BCUT2D eigenvalue weighted by molar-refractivity contribution is 0.194. The molecule has 1 heterocycles. The molecule has 0 aliphatic carbocycles. The number of nitrogens with one attached hydrogen (secondary N) is 1. The topological polar surface area (TPSA) is 73.1 Å². The highest BCUT2D eigenvalue weighted by Crippen LogP contribution is 2.20. The SMILES string of the molecule is COCCCCNc1nc(C(C)C)nc(N)c1C. The Kier molecular flexibility index (Phi) is 5.85. The van der Waals surface area contributed by atoms with E-state index in [0.29, 0.717) is 5.82 Å². The highest BCUT2D eigenvalue weighted by molar-refractivity contribution is 5.54. The molecule has 0 saturated heterocycles. The highest BCUT2D eigenvalue weighted by Gasteiger charge is 2.10. The Balaban J connectivity index is 2.63. The molecular formula is C13H24N4O. The minimum atomic E-state index is 0.280. The van der Waals surface area contributed by atoms with Gasteiger partial charge in [0.2, 0.25) is 0 Å². The normalized spacial score (nSPS) is 10.9. The van der Waals surface area contributed by atoms with E-state index in [-0.39, 0.29) is 5.92 Å². The minimum Gasteiger partial charge on any atom is -0.385 e. The summed E-state index contributed by atoms with van der Waals surface area (Å²) in [6, 6.07) is 0. The van der Waals surface area contributed by atoms with Gasteiger partial charge in [-0.3, -0.25) is 0 Å². The van der Waals surface area contributed by atoms with Crippen LogP contribution in [0.25, 0.3) is 0 Å². The molecule has 0 atom stereocenters. The summed E-state index contributed by atoms with van der Waals surface area (Å²) < 4.78 is 5.01. The fraction of sp³-hybridized carbons (Fsp3) is 0.692. The quantitative estimate of drug-likeness (QED) is 0.729. The van der Waals surface area contributed by atoms with Crippen molar-refractivity contribution < 1.29 is 4.74 Å². The predicted molar refractivity (Wildman–Crippen MR) is 74.9 cm³/mol. The van der Waals surface area contributed by atoms with Gasteiger partial charge in [0.15, 0.2) is 0 Å². The van der Waals surface area contributed by atoms with Crippen molar-refractivity contribution in [3.63, 3.8) is 0 Å². The largest absolute Gasteiger partial charge is 0.385 e. The number of hydrogen-bond acceptors (Lipinski definition) is 5.